The Labute approximate surface area is 134 Å². The molecular weight excluding hydrogens is 296 g/mol. The Kier molecular flexibility index (Phi) is 4.73. The number of nitrogens with zero attached hydrogens (tertiary/aromatic N) is 2. The third-order valence-electron chi connectivity index (χ3n) is 3.94. The lowest BCUT2D eigenvalue weighted by atomic mass is 10.2. The van der Waals surface area contributed by atoms with E-state index in [4.69, 9.17) is 4.74 Å². The standard InChI is InChI=1S/C17H20N2O2S/c1-21-15-7-4-13(5-8-15)17-18-14(12-22-17)6-9-16(20)19-10-2-3-11-19/h4-5,7-8,12H,2-3,6,9-11H2,1H3. The van der Waals surface area contributed by atoms with Gasteiger partial charge in [-0.3, -0.25) is 4.79 Å². The lowest BCUT2D eigenvalue weighted by Gasteiger charge is -2.14. The average Bonchev–Trinajstić information content (AvgIpc) is 3.24. The highest BCUT2D eigenvalue weighted by Gasteiger charge is 2.17. The number of likely N-dealkylation sites (tertiary alicyclic amines) is 1. The minimum atomic E-state index is 0.261. The fourth-order valence-corrected chi connectivity index (χ4v) is 3.51. The van der Waals surface area contributed by atoms with Crippen LogP contribution in [0.1, 0.15) is 25.0 Å². The van der Waals surface area contributed by atoms with E-state index in [-0.39, 0.29) is 5.91 Å². The summed E-state index contributed by atoms with van der Waals surface area (Å²) in [6.45, 7) is 1.85. The van der Waals surface area contributed by atoms with Crippen LogP contribution in [0.25, 0.3) is 10.6 Å². The second-order valence-electron chi connectivity index (χ2n) is 5.46. The van der Waals surface area contributed by atoms with Gasteiger partial charge < -0.3 is 9.64 Å². The van der Waals surface area contributed by atoms with Crippen molar-refractivity contribution in [1.82, 2.24) is 9.88 Å². The summed E-state index contributed by atoms with van der Waals surface area (Å²) in [5.41, 5.74) is 2.09. The molecule has 5 heteroatoms. The van der Waals surface area contributed by atoms with Gasteiger partial charge in [-0.05, 0) is 43.5 Å². The molecule has 4 nitrogen and oxygen atoms in total. The molecule has 22 heavy (non-hydrogen) atoms. The molecule has 1 aromatic heterocycles. The zero-order valence-corrected chi connectivity index (χ0v) is 13.6. The van der Waals surface area contributed by atoms with Gasteiger partial charge in [-0.2, -0.15) is 0 Å². The number of rotatable bonds is 5. The molecule has 0 bridgehead atoms. The van der Waals surface area contributed by atoms with Gasteiger partial charge in [0.15, 0.2) is 0 Å². The Balaban J connectivity index is 1.59. The summed E-state index contributed by atoms with van der Waals surface area (Å²) >= 11 is 1.62. The maximum Gasteiger partial charge on any atom is 0.222 e. The molecule has 1 saturated heterocycles. The summed E-state index contributed by atoms with van der Waals surface area (Å²) in [6, 6.07) is 7.90. The number of aromatic nitrogens is 1. The molecule has 2 heterocycles. The van der Waals surface area contributed by atoms with Crippen LogP contribution in [0.4, 0.5) is 0 Å². The fourth-order valence-electron chi connectivity index (χ4n) is 2.65. The highest BCUT2D eigenvalue weighted by atomic mass is 32.1. The maximum atomic E-state index is 12.1. The van der Waals surface area contributed by atoms with Gasteiger partial charge in [-0.25, -0.2) is 4.98 Å². The van der Waals surface area contributed by atoms with Crippen molar-refractivity contribution in [3.63, 3.8) is 0 Å². The van der Waals surface area contributed by atoms with E-state index in [0.29, 0.717) is 6.42 Å². The molecule has 1 amide bonds. The van der Waals surface area contributed by atoms with Gasteiger partial charge >= 0.3 is 0 Å². The van der Waals surface area contributed by atoms with Crippen LogP contribution < -0.4 is 4.74 Å². The summed E-state index contributed by atoms with van der Waals surface area (Å²) in [6.07, 6.45) is 3.57. The van der Waals surface area contributed by atoms with Gasteiger partial charge in [0.2, 0.25) is 5.91 Å². The first-order chi connectivity index (χ1) is 10.8. The minimum Gasteiger partial charge on any atom is -0.497 e. The predicted octanol–water partition coefficient (Wildman–Crippen LogP) is 3.37. The number of aryl methyl sites for hydroxylation is 1. The normalized spacial score (nSPS) is 14.3. The lowest BCUT2D eigenvalue weighted by Crippen LogP contribution is -2.27. The Bertz CT molecular complexity index is 630. The molecule has 1 aromatic carbocycles. The van der Waals surface area contributed by atoms with E-state index in [1.54, 1.807) is 18.4 Å². The molecule has 0 saturated carbocycles. The summed E-state index contributed by atoms with van der Waals surface area (Å²) < 4.78 is 5.16. The van der Waals surface area contributed by atoms with Crippen LogP contribution in [-0.4, -0.2) is 36.0 Å². The Morgan fingerprint density at radius 3 is 2.68 bits per heavy atom. The number of ether oxygens (including phenoxy) is 1. The molecule has 3 rings (SSSR count). The van der Waals surface area contributed by atoms with Crippen molar-refractivity contribution in [3.8, 4) is 16.3 Å². The second kappa shape index (κ2) is 6.92. The van der Waals surface area contributed by atoms with E-state index < -0.39 is 0 Å². The van der Waals surface area contributed by atoms with Gasteiger partial charge in [0.05, 0.1) is 12.8 Å². The van der Waals surface area contributed by atoms with E-state index >= 15 is 0 Å². The van der Waals surface area contributed by atoms with E-state index in [1.165, 1.54) is 0 Å². The molecule has 0 radical (unpaired) electrons. The molecule has 0 aliphatic carbocycles. The first-order valence-corrected chi connectivity index (χ1v) is 8.51. The first-order valence-electron chi connectivity index (χ1n) is 7.63. The quantitative estimate of drug-likeness (QED) is 0.849. The largest absolute Gasteiger partial charge is 0.497 e. The molecule has 0 N–H and O–H groups in total. The van der Waals surface area contributed by atoms with Crippen molar-refractivity contribution in [2.45, 2.75) is 25.7 Å². The highest BCUT2D eigenvalue weighted by Crippen LogP contribution is 2.26. The van der Waals surface area contributed by atoms with Crippen molar-refractivity contribution < 1.29 is 9.53 Å². The zero-order valence-electron chi connectivity index (χ0n) is 12.7. The SMILES string of the molecule is COc1ccc(-c2nc(CCC(=O)N3CCCC3)cs2)cc1. The molecule has 1 fully saturated rings. The maximum absolute atomic E-state index is 12.1. The smallest absolute Gasteiger partial charge is 0.222 e. The molecule has 1 aliphatic rings. The molecule has 0 spiro atoms. The highest BCUT2D eigenvalue weighted by molar-refractivity contribution is 7.13. The Morgan fingerprint density at radius 1 is 1.27 bits per heavy atom. The van der Waals surface area contributed by atoms with E-state index in [9.17, 15) is 4.79 Å². The van der Waals surface area contributed by atoms with Crippen molar-refractivity contribution in [3.05, 3.63) is 35.3 Å². The molecular formula is C17H20N2O2S. The van der Waals surface area contributed by atoms with Gasteiger partial charge in [-0.15, -0.1) is 11.3 Å². The first kappa shape index (κ1) is 15.0. The lowest BCUT2D eigenvalue weighted by molar-refractivity contribution is -0.130. The van der Waals surface area contributed by atoms with E-state index in [1.807, 2.05) is 29.2 Å². The van der Waals surface area contributed by atoms with Crippen LogP contribution in [0.15, 0.2) is 29.6 Å². The van der Waals surface area contributed by atoms with Crippen LogP contribution in [0.2, 0.25) is 0 Å². The fraction of sp³-hybridized carbons (Fsp3) is 0.412. The second-order valence-corrected chi connectivity index (χ2v) is 6.32. The minimum absolute atomic E-state index is 0.261. The van der Waals surface area contributed by atoms with Crippen LogP contribution >= 0.6 is 11.3 Å². The van der Waals surface area contributed by atoms with Crippen molar-refractivity contribution in [1.29, 1.82) is 0 Å². The van der Waals surface area contributed by atoms with Crippen LogP contribution in [0.5, 0.6) is 5.75 Å². The Morgan fingerprint density at radius 2 is 2.00 bits per heavy atom. The van der Waals surface area contributed by atoms with Crippen LogP contribution in [-0.2, 0) is 11.2 Å². The number of methoxy groups -OCH3 is 1. The molecule has 1 aliphatic heterocycles. The van der Waals surface area contributed by atoms with E-state index in [2.05, 4.69) is 10.4 Å². The summed E-state index contributed by atoms with van der Waals surface area (Å²) in [7, 11) is 1.66. The third kappa shape index (κ3) is 3.47. The average molecular weight is 316 g/mol. The summed E-state index contributed by atoms with van der Waals surface area (Å²) in [5, 5.41) is 3.04. The summed E-state index contributed by atoms with van der Waals surface area (Å²) in [4.78, 5) is 18.7. The molecule has 2 aromatic rings. The topological polar surface area (TPSA) is 42.4 Å². The zero-order chi connectivity index (χ0) is 15.4. The number of hydrogen-bond donors (Lipinski definition) is 0. The predicted molar refractivity (Wildman–Crippen MR) is 88.2 cm³/mol. The number of hydrogen-bond acceptors (Lipinski definition) is 4. The van der Waals surface area contributed by atoms with Crippen molar-refractivity contribution in [2.24, 2.45) is 0 Å². The number of carbonyl (C=O) groups is 1. The van der Waals surface area contributed by atoms with Gasteiger partial charge in [-0.1, -0.05) is 0 Å². The van der Waals surface area contributed by atoms with Crippen LogP contribution in [0, 0.1) is 0 Å². The number of benzene rings is 1. The number of carbonyl (C=O) groups excluding carboxylic acids is 1. The van der Waals surface area contributed by atoms with Gasteiger partial charge in [0.25, 0.3) is 0 Å². The van der Waals surface area contributed by atoms with Crippen molar-refractivity contribution in [2.75, 3.05) is 20.2 Å². The number of amides is 1. The monoisotopic (exact) mass is 316 g/mol. The Hall–Kier alpha value is -1.88. The molecule has 0 atom stereocenters. The number of thiazole rings is 1. The third-order valence-corrected chi connectivity index (χ3v) is 4.88. The van der Waals surface area contributed by atoms with Gasteiger partial charge in [0, 0.05) is 30.5 Å². The van der Waals surface area contributed by atoms with Crippen molar-refractivity contribution >= 4 is 17.2 Å². The summed E-state index contributed by atoms with van der Waals surface area (Å²) in [5.74, 6) is 1.10. The van der Waals surface area contributed by atoms with Crippen LogP contribution in [0.3, 0.4) is 0 Å². The van der Waals surface area contributed by atoms with E-state index in [0.717, 1.165) is 54.4 Å². The molecule has 0 unspecified atom stereocenters. The molecule has 116 valence electrons. The van der Waals surface area contributed by atoms with Gasteiger partial charge in [0.1, 0.15) is 10.8 Å².